The highest BCUT2D eigenvalue weighted by molar-refractivity contribution is 6.54. The second kappa shape index (κ2) is 8.29. The summed E-state index contributed by atoms with van der Waals surface area (Å²) in [5, 5.41) is 1.07. The van der Waals surface area contributed by atoms with Crippen LogP contribution in [0.25, 0.3) is 0 Å². The van der Waals surface area contributed by atoms with E-state index >= 15 is 0 Å². The molecule has 0 spiro atoms. The number of hydrogen-bond acceptors (Lipinski definition) is 0. The van der Waals surface area contributed by atoms with Crippen LogP contribution in [0.2, 0.25) is 12.1 Å². The maximum absolute atomic E-state index is 13.5. The zero-order chi connectivity index (χ0) is 15.9. The van der Waals surface area contributed by atoms with Crippen LogP contribution in [0.15, 0.2) is 36.4 Å². The Morgan fingerprint density at radius 1 is 0.636 bits per heavy atom. The molecular formula is C16H18F4Si2. The van der Waals surface area contributed by atoms with Gasteiger partial charge in [0.15, 0.2) is 23.3 Å². The molecule has 0 aromatic heterocycles. The van der Waals surface area contributed by atoms with Gasteiger partial charge in [0.1, 0.15) is 0 Å². The fourth-order valence-corrected chi connectivity index (χ4v) is 5.82. The van der Waals surface area contributed by atoms with E-state index in [1.54, 1.807) is 24.3 Å². The predicted octanol–water partition coefficient (Wildman–Crippen LogP) is 2.15. The lowest BCUT2D eigenvalue weighted by Gasteiger charge is -2.05. The normalized spacial score (nSPS) is 12.0. The lowest BCUT2D eigenvalue weighted by Crippen LogP contribution is -2.20. The molecule has 2 aromatic carbocycles. The highest BCUT2D eigenvalue weighted by Gasteiger charge is 2.08. The molecule has 2 rings (SSSR count). The van der Waals surface area contributed by atoms with Crippen LogP contribution in [0.5, 0.6) is 0 Å². The fraction of sp³-hybridized carbons (Fsp3) is 0.250. The first-order chi connectivity index (χ1) is 10.6. The Labute approximate surface area is 132 Å². The quantitative estimate of drug-likeness (QED) is 0.411. The zero-order valence-corrected chi connectivity index (χ0v) is 15.0. The summed E-state index contributed by atoms with van der Waals surface area (Å²) >= 11 is 0. The number of hydrogen-bond donors (Lipinski definition) is 0. The van der Waals surface area contributed by atoms with E-state index in [1.807, 2.05) is 0 Å². The van der Waals surface area contributed by atoms with E-state index in [4.69, 9.17) is 0 Å². The lowest BCUT2D eigenvalue weighted by molar-refractivity contribution is 0.514. The van der Waals surface area contributed by atoms with Crippen LogP contribution in [-0.2, 0) is 0 Å². The number of rotatable bonds is 7. The van der Waals surface area contributed by atoms with Gasteiger partial charge >= 0.3 is 0 Å². The topological polar surface area (TPSA) is 0 Å². The summed E-state index contributed by atoms with van der Waals surface area (Å²) in [6, 6.07) is 10.5. The van der Waals surface area contributed by atoms with Gasteiger partial charge in [-0.2, -0.15) is 0 Å². The molecule has 0 saturated heterocycles. The Hall–Kier alpha value is -1.41. The van der Waals surface area contributed by atoms with Crippen molar-refractivity contribution in [3.8, 4) is 0 Å². The molecule has 0 aliphatic carbocycles. The Morgan fingerprint density at radius 3 is 1.45 bits per heavy atom. The molecule has 0 bridgehead atoms. The SMILES string of the molecule is Fc1cccc([SiH2]CCCC[SiH2]c2cccc(F)c2F)c1F. The highest BCUT2D eigenvalue weighted by atomic mass is 28.2. The maximum Gasteiger partial charge on any atom is 0.158 e. The van der Waals surface area contributed by atoms with Crippen LogP contribution in [0.4, 0.5) is 17.6 Å². The van der Waals surface area contributed by atoms with Crippen LogP contribution in [0.3, 0.4) is 0 Å². The average molecular weight is 342 g/mol. The molecule has 6 heteroatoms. The van der Waals surface area contributed by atoms with Crippen molar-refractivity contribution < 1.29 is 17.6 Å². The predicted molar refractivity (Wildman–Crippen MR) is 87.9 cm³/mol. The van der Waals surface area contributed by atoms with Crippen LogP contribution < -0.4 is 10.4 Å². The Kier molecular flexibility index (Phi) is 6.39. The van der Waals surface area contributed by atoms with Gasteiger partial charge in [-0.15, -0.1) is 0 Å². The monoisotopic (exact) mass is 342 g/mol. The molecule has 22 heavy (non-hydrogen) atoms. The molecule has 0 amide bonds. The van der Waals surface area contributed by atoms with E-state index in [-0.39, 0.29) is 0 Å². The minimum Gasteiger partial charge on any atom is -0.204 e. The molecule has 0 nitrogen and oxygen atoms in total. The first-order valence-electron chi connectivity index (χ1n) is 7.45. The molecule has 0 atom stereocenters. The van der Waals surface area contributed by atoms with Gasteiger partial charge < -0.3 is 0 Å². The first-order valence-corrected chi connectivity index (χ1v) is 10.9. The van der Waals surface area contributed by atoms with Gasteiger partial charge in [0.25, 0.3) is 0 Å². The lowest BCUT2D eigenvalue weighted by atomic mass is 10.3. The Balaban J connectivity index is 1.70. The molecular weight excluding hydrogens is 324 g/mol. The molecule has 0 radical (unpaired) electrons. The number of halogens is 4. The molecule has 0 aliphatic heterocycles. The van der Waals surface area contributed by atoms with Crippen LogP contribution in [0.1, 0.15) is 12.8 Å². The van der Waals surface area contributed by atoms with Crippen molar-refractivity contribution in [1.29, 1.82) is 0 Å². The molecule has 0 saturated carbocycles. The van der Waals surface area contributed by atoms with Crippen LogP contribution in [0, 0.1) is 23.3 Å². The third-order valence-corrected chi connectivity index (χ3v) is 7.58. The summed E-state index contributed by atoms with van der Waals surface area (Å²) in [4.78, 5) is 0. The molecule has 0 aliphatic rings. The van der Waals surface area contributed by atoms with Gasteiger partial charge in [-0.1, -0.05) is 49.2 Å². The van der Waals surface area contributed by atoms with Gasteiger partial charge in [0.05, 0.1) is 19.0 Å². The van der Waals surface area contributed by atoms with Crippen LogP contribution >= 0.6 is 0 Å². The second-order valence-electron chi connectivity index (χ2n) is 5.34. The zero-order valence-electron chi connectivity index (χ0n) is 12.2. The van der Waals surface area contributed by atoms with Gasteiger partial charge in [-0.05, 0) is 22.5 Å². The minimum atomic E-state index is -0.800. The van der Waals surface area contributed by atoms with Crippen molar-refractivity contribution in [1.82, 2.24) is 0 Å². The molecule has 2 aromatic rings. The second-order valence-corrected chi connectivity index (χ2v) is 9.28. The third kappa shape index (κ3) is 4.54. The molecule has 118 valence electrons. The Bertz CT molecular complexity index is 576. The summed E-state index contributed by atoms with van der Waals surface area (Å²) < 4.78 is 53.0. The summed E-state index contributed by atoms with van der Waals surface area (Å²) in [7, 11) is -1.60. The highest BCUT2D eigenvalue weighted by Crippen LogP contribution is 2.06. The average Bonchev–Trinajstić information content (AvgIpc) is 2.51. The van der Waals surface area contributed by atoms with Gasteiger partial charge in [-0.25, -0.2) is 17.6 Å². The minimum absolute atomic E-state index is 0.536. The summed E-state index contributed by atoms with van der Waals surface area (Å²) in [5.41, 5.74) is 0. The van der Waals surface area contributed by atoms with Crippen molar-refractivity contribution >= 4 is 29.4 Å². The first kappa shape index (κ1) is 17.0. The van der Waals surface area contributed by atoms with E-state index in [0.29, 0.717) is 10.4 Å². The smallest absolute Gasteiger partial charge is 0.158 e. The van der Waals surface area contributed by atoms with Crippen molar-refractivity contribution in [3.05, 3.63) is 59.7 Å². The molecule has 0 fully saturated rings. The van der Waals surface area contributed by atoms with E-state index in [0.717, 1.165) is 37.1 Å². The van der Waals surface area contributed by atoms with Gasteiger partial charge in [0, 0.05) is 0 Å². The maximum atomic E-state index is 13.5. The number of benzene rings is 2. The van der Waals surface area contributed by atoms with Gasteiger partial charge in [0.2, 0.25) is 0 Å². The molecule has 0 unspecified atom stereocenters. The van der Waals surface area contributed by atoms with E-state index in [2.05, 4.69) is 0 Å². The van der Waals surface area contributed by atoms with Crippen molar-refractivity contribution in [3.63, 3.8) is 0 Å². The van der Waals surface area contributed by atoms with E-state index in [9.17, 15) is 17.6 Å². The number of unbranched alkanes of at least 4 members (excludes halogenated alkanes) is 1. The molecule has 0 N–H and O–H groups in total. The third-order valence-electron chi connectivity index (χ3n) is 3.71. The Morgan fingerprint density at radius 2 is 1.05 bits per heavy atom. The van der Waals surface area contributed by atoms with Gasteiger partial charge in [-0.3, -0.25) is 0 Å². The largest absolute Gasteiger partial charge is 0.204 e. The summed E-state index contributed by atoms with van der Waals surface area (Å²) in [6.45, 7) is 0. The van der Waals surface area contributed by atoms with Crippen molar-refractivity contribution in [2.45, 2.75) is 24.9 Å². The fourth-order valence-electron chi connectivity index (χ4n) is 2.47. The molecule has 0 heterocycles. The standard InChI is InChI=1S/C16H18F4Si2/c17-11-5-3-7-13(15(11)19)21-9-1-2-10-22-14-8-4-6-12(18)16(14)20/h3-8H,1-2,9-10,21-22H2. The van der Waals surface area contributed by atoms with Crippen LogP contribution in [-0.4, -0.2) is 19.0 Å². The van der Waals surface area contributed by atoms with Crippen molar-refractivity contribution in [2.24, 2.45) is 0 Å². The summed E-state index contributed by atoms with van der Waals surface area (Å²) in [6.07, 6.45) is 1.87. The van der Waals surface area contributed by atoms with Crippen molar-refractivity contribution in [2.75, 3.05) is 0 Å². The summed E-state index contributed by atoms with van der Waals surface area (Å²) in [5.74, 6) is -2.96. The van der Waals surface area contributed by atoms with E-state index in [1.165, 1.54) is 0 Å². The van der Waals surface area contributed by atoms with E-state index < -0.39 is 42.3 Å².